The molecule has 1 fully saturated rings. The molecule has 2 rings (SSSR count). The average molecular weight is 468 g/mol. The molecular weight excluding hydrogens is 433 g/mol. The summed E-state index contributed by atoms with van der Waals surface area (Å²) in [6.07, 6.45) is 0.130. The Bertz CT molecular complexity index is 865. The van der Waals surface area contributed by atoms with Crippen LogP contribution in [-0.4, -0.2) is 59.2 Å². The summed E-state index contributed by atoms with van der Waals surface area (Å²) in [6, 6.07) is -0.375. The second-order valence-electron chi connectivity index (χ2n) is 9.94. The second-order valence-corrected chi connectivity index (χ2v) is 9.94. The van der Waals surface area contributed by atoms with Crippen LogP contribution in [0.3, 0.4) is 0 Å². The summed E-state index contributed by atoms with van der Waals surface area (Å²) >= 11 is 0. The highest BCUT2D eigenvalue weighted by Crippen LogP contribution is 2.42. The fourth-order valence-electron chi connectivity index (χ4n) is 3.21. The van der Waals surface area contributed by atoms with Gasteiger partial charge in [-0.1, -0.05) is 6.58 Å². The number of carbonyl (C=O) groups excluding carboxylic acids is 2. The molecule has 0 radical (unpaired) electrons. The molecule has 0 unspecified atom stereocenters. The van der Waals surface area contributed by atoms with Gasteiger partial charge in [0.2, 0.25) is 0 Å². The number of allylic oxidation sites excluding steroid dienone is 3. The smallest absolute Gasteiger partial charge is 0.428 e. The number of rotatable bonds is 3. The van der Waals surface area contributed by atoms with Crippen LogP contribution in [0.4, 0.5) is 14.0 Å². The predicted molar refractivity (Wildman–Crippen MR) is 121 cm³/mol. The Labute approximate surface area is 194 Å². The first kappa shape index (κ1) is 26.4. The molecule has 10 heteroatoms. The lowest BCUT2D eigenvalue weighted by Crippen LogP contribution is -2.54. The van der Waals surface area contributed by atoms with E-state index in [4.69, 9.17) is 24.7 Å². The minimum absolute atomic E-state index is 0.0247. The van der Waals surface area contributed by atoms with Gasteiger partial charge >= 0.3 is 18.2 Å². The van der Waals surface area contributed by atoms with Gasteiger partial charge in [-0.3, -0.25) is 0 Å². The van der Waals surface area contributed by atoms with Crippen LogP contribution in [0.2, 0.25) is 0 Å². The van der Waals surface area contributed by atoms with Gasteiger partial charge in [-0.15, -0.1) is 4.90 Å². The number of amides is 2. The van der Waals surface area contributed by atoms with E-state index >= 15 is 0 Å². The monoisotopic (exact) mass is 467 g/mol. The van der Waals surface area contributed by atoms with E-state index in [0.717, 1.165) is 0 Å². The van der Waals surface area contributed by atoms with Crippen LogP contribution in [0, 0.1) is 0 Å². The van der Waals surface area contributed by atoms with Crippen molar-refractivity contribution >= 4 is 18.2 Å². The largest absolute Gasteiger partial charge is 0.462 e. The van der Waals surface area contributed by atoms with Crippen molar-refractivity contribution in [3.63, 3.8) is 0 Å². The Morgan fingerprint density at radius 3 is 2.21 bits per heavy atom. The molecule has 0 saturated carbocycles. The van der Waals surface area contributed by atoms with Gasteiger partial charge in [0.15, 0.2) is 0 Å². The van der Waals surface area contributed by atoms with Crippen molar-refractivity contribution in [2.24, 2.45) is 10.7 Å². The summed E-state index contributed by atoms with van der Waals surface area (Å²) in [5, 5.41) is 0. The number of ether oxygens (including phenoxy) is 4. The zero-order valence-corrected chi connectivity index (χ0v) is 20.4. The van der Waals surface area contributed by atoms with Gasteiger partial charge in [0.25, 0.3) is 0 Å². The van der Waals surface area contributed by atoms with Crippen molar-refractivity contribution in [3.8, 4) is 0 Å². The Kier molecular flexibility index (Phi) is 7.63. The third-order valence-electron chi connectivity index (χ3n) is 4.64. The number of nitrogens with two attached hydrogens (primary N) is 1. The summed E-state index contributed by atoms with van der Waals surface area (Å²) in [6.45, 7) is 15.6. The number of hydrogen-bond donors (Lipinski definition) is 1. The van der Waals surface area contributed by atoms with Gasteiger partial charge in [0, 0.05) is 17.7 Å². The van der Waals surface area contributed by atoms with E-state index < -0.39 is 40.9 Å². The fraction of sp³-hybridized carbons (Fsp3) is 0.609. The van der Waals surface area contributed by atoms with Crippen molar-refractivity contribution in [1.29, 1.82) is 0 Å². The maximum Gasteiger partial charge on any atom is 0.428 e. The molecule has 0 spiro atoms. The van der Waals surface area contributed by atoms with E-state index in [2.05, 4.69) is 11.6 Å². The standard InChI is InChI=1S/C23H34FN3O6/c1-14(25)9-10-16(24)15(2)23-11-12-30-17(23)13-31-18(26-23)27(19(28)32-21(3,4)5)20(29)33-22(6,7)8/h9-10,17H,2,11-13,25H2,1,3-8H3/b14-9+,16-10+/t17-,23+/m0/s1. The maximum absolute atomic E-state index is 15.0. The quantitative estimate of drug-likeness (QED) is 0.614. The van der Waals surface area contributed by atoms with Gasteiger partial charge in [0.05, 0.1) is 6.61 Å². The summed E-state index contributed by atoms with van der Waals surface area (Å²) in [4.78, 5) is 31.0. The number of imide groups is 1. The number of halogens is 1. The lowest BCUT2D eigenvalue weighted by molar-refractivity contribution is -0.00258. The molecule has 2 aliphatic heterocycles. The Balaban J connectivity index is 2.54. The van der Waals surface area contributed by atoms with Crippen molar-refractivity contribution in [3.05, 3.63) is 35.8 Å². The van der Waals surface area contributed by atoms with Crippen LogP contribution >= 0.6 is 0 Å². The first-order valence-electron chi connectivity index (χ1n) is 10.7. The molecular formula is C23H34FN3O6. The molecule has 0 aliphatic carbocycles. The van der Waals surface area contributed by atoms with Crippen LogP contribution in [0.1, 0.15) is 54.9 Å². The Morgan fingerprint density at radius 2 is 1.73 bits per heavy atom. The number of fused-ring (bicyclic) bond motifs is 1. The summed E-state index contributed by atoms with van der Waals surface area (Å²) < 4.78 is 37.0. The second kappa shape index (κ2) is 9.54. The van der Waals surface area contributed by atoms with E-state index in [9.17, 15) is 14.0 Å². The predicted octanol–water partition coefficient (Wildman–Crippen LogP) is 4.34. The first-order chi connectivity index (χ1) is 15.1. The Morgan fingerprint density at radius 1 is 1.18 bits per heavy atom. The van der Waals surface area contributed by atoms with Crippen molar-refractivity contribution in [2.75, 3.05) is 13.2 Å². The number of nitrogens with zero attached hydrogens (tertiary/aromatic N) is 2. The van der Waals surface area contributed by atoms with Crippen LogP contribution in [0.5, 0.6) is 0 Å². The van der Waals surface area contributed by atoms with Crippen LogP contribution in [0.15, 0.2) is 40.8 Å². The number of hydrogen-bond acceptors (Lipinski definition) is 8. The first-order valence-corrected chi connectivity index (χ1v) is 10.7. The molecule has 0 bridgehead atoms. The summed E-state index contributed by atoms with van der Waals surface area (Å²) in [5.41, 5.74) is 2.92. The third-order valence-corrected chi connectivity index (χ3v) is 4.64. The molecule has 9 nitrogen and oxygen atoms in total. The fourth-order valence-corrected chi connectivity index (χ4v) is 3.21. The Hall–Kier alpha value is -2.88. The molecule has 1 saturated heterocycles. The average Bonchev–Trinajstić information content (AvgIpc) is 3.07. The molecule has 2 amide bonds. The van der Waals surface area contributed by atoms with Crippen LogP contribution in [-0.2, 0) is 18.9 Å². The van der Waals surface area contributed by atoms with Crippen molar-refractivity contribution < 1.29 is 32.9 Å². The van der Waals surface area contributed by atoms with E-state index in [0.29, 0.717) is 10.6 Å². The zero-order chi connectivity index (χ0) is 25.2. The number of carbonyl (C=O) groups is 2. The topological polar surface area (TPSA) is 113 Å². The molecule has 0 aromatic heterocycles. The minimum atomic E-state index is -1.28. The highest BCUT2D eigenvalue weighted by atomic mass is 19.1. The van der Waals surface area contributed by atoms with E-state index in [-0.39, 0.29) is 31.2 Å². The van der Waals surface area contributed by atoms with E-state index in [1.165, 1.54) is 12.2 Å². The molecule has 2 N–H and O–H groups in total. The molecule has 33 heavy (non-hydrogen) atoms. The van der Waals surface area contributed by atoms with Crippen molar-refractivity contribution in [2.45, 2.75) is 77.7 Å². The minimum Gasteiger partial charge on any atom is -0.462 e. The van der Waals surface area contributed by atoms with Gasteiger partial charge in [-0.05, 0) is 60.6 Å². The van der Waals surface area contributed by atoms with Gasteiger partial charge in [0.1, 0.15) is 35.3 Å². The van der Waals surface area contributed by atoms with Crippen LogP contribution < -0.4 is 5.73 Å². The van der Waals surface area contributed by atoms with Gasteiger partial charge in [-0.25, -0.2) is 19.0 Å². The highest BCUT2D eigenvalue weighted by Gasteiger charge is 2.53. The van der Waals surface area contributed by atoms with Gasteiger partial charge < -0.3 is 24.7 Å². The third kappa shape index (κ3) is 6.56. The molecule has 0 aromatic carbocycles. The molecule has 2 aliphatic rings. The molecule has 184 valence electrons. The number of aliphatic imine (C=N–C) groups is 1. The summed E-state index contributed by atoms with van der Waals surface area (Å²) in [5.74, 6) is -0.651. The molecule has 0 aromatic rings. The zero-order valence-electron chi connectivity index (χ0n) is 20.4. The molecule has 2 heterocycles. The van der Waals surface area contributed by atoms with Gasteiger partial charge in [-0.2, -0.15) is 0 Å². The SMILES string of the molecule is C=C(/C(F)=C\C=C(/C)N)[C@]12CCO[C@H]1COC(N(C(=O)OC(C)(C)C)C(=O)OC(C)(C)C)=N2. The van der Waals surface area contributed by atoms with Crippen LogP contribution in [0.25, 0.3) is 0 Å². The molecule has 2 atom stereocenters. The van der Waals surface area contributed by atoms with E-state index in [1.807, 2.05) is 0 Å². The lowest BCUT2D eigenvalue weighted by Gasteiger charge is -2.37. The highest BCUT2D eigenvalue weighted by molar-refractivity contribution is 6.06. The lowest BCUT2D eigenvalue weighted by atomic mass is 9.83. The normalized spacial score (nSPS) is 23.8. The van der Waals surface area contributed by atoms with Crippen molar-refractivity contribution in [1.82, 2.24) is 4.90 Å². The maximum atomic E-state index is 15.0. The summed E-state index contributed by atoms with van der Waals surface area (Å²) in [7, 11) is 0. The van der Waals surface area contributed by atoms with E-state index in [1.54, 1.807) is 48.5 Å². The number of amidine groups is 1.